The third-order valence-electron chi connectivity index (χ3n) is 3.08. The second-order valence-corrected chi connectivity index (χ2v) is 5.86. The molecule has 2 heterocycles. The lowest BCUT2D eigenvalue weighted by Crippen LogP contribution is -2.14. The maximum absolute atomic E-state index is 11.9. The van der Waals surface area contributed by atoms with Gasteiger partial charge < -0.3 is 9.84 Å². The van der Waals surface area contributed by atoms with E-state index in [9.17, 15) is 4.79 Å². The summed E-state index contributed by atoms with van der Waals surface area (Å²) in [5, 5.41) is 13.7. The highest BCUT2D eigenvalue weighted by Crippen LogP contribution is 2.19. The monoisotopic (exact) mass is 308 g/mol. The molecular formula is C14H20N4O2S. The number of H-pyrrole nitrogens is 1. The summed E-state index contributed by atoms with van der Waals surface area (Å²) in [4.78, 5) is 11.9. The van der Waals surface area contributed by atoms with Crippen molar-refractivity contribution in [3.8, 4) is 0 Å². The van der Waals surface area contributed by atoms with Gasteiger partial charge in [0.1, 0.15) is 5.76 Å². The first kappa shape index (κ1) is 15.6. The SMILES string of the molecule is CCCc1cc(NC(=O)CSCc2c(C)noc2C)n[nH]1. The molecule has 0 atom stereocenters. The molecule has 0 radical (unpaired) electrons. The summed E-state index contributed by atoms with van der Waals surface area (Å²) in [5.74, 6) is 2.44. The fourth-order valence-corrected chi connectivity index (χ4v) is 2.93. The molecule has 0 aromatic carbocycles. The van der Waals surface area contributed by atoms with Gasteiger partial charge in [-0.1, -0.05) is 18.5 Å². The normalized spacial score (nSPS) is 10.8. The largest absolute Gasteiger partial charge is 0.361 e. The highest BCUT2D eigenvalue weighted by atomic mass is 32.2. The van der Waals surface area contributed by atoms with E-state index in [1.54, 1.807) is 0 Å². The molecule has 0 saturated heterocycles. The number of aromatic amines is 1. The Morgan fingerprint density at radius 3 is 2.95 bits per heavy atom. The predicted octanol–water partition coefficient (Wildman–Crippen LogP) is 2.84. The number of amides is 1. The number of nitrogens with one attached hydrogen (secondary N) is 2. The summed E-state index contributed by atoms with van der Waals surface area (Å²) < 4.78 is 5.10. The molecule has 2 aromatic rings. The van der Waals surface area contributed by atoms with Gasteiger partial charge in [0.2, 0.25) is 5.91 Å². The maximum Gasteiger partial charge on any atom is 0.235 e. The van der Waals surface area contributed by atoms with Crippen LogP contribution in [0.25, 0.3) is 0 Å². The molecule has 21 heavy (non-hydrogen) atoms. The van der Waals surface area contributed by atoms with Crippen LogP contribution in [0.3, 0.4) is 0 Å². The van der Waals surface area contributed by atoms with E-state index in [-0.39, 0.29) is 5.91 Å². The summed E-state index contributed by atoms with van der Waals surface area (Å²) >= 11 is 1.53. The Morgan fingerprint density at radius 2 is 2.29 bits per heavy atom. The topological polar surface area (TPSA) is 83.8 Å². The molecule has 0 unspecified atom stereocenters. The van der Waals surface area contributed by atoms with Crippen molar-refractivity contribution in [2.45, 2.75) is 39.4 Å². The van der Waals surface area contributed by atoms with Gasteiger partial charge in [0.15, 0.2) is 5.82 Å². The Hall–Kier alpha value is -1.76. The molecule has 7 heteroatoms. The number of aromatic nitrogens is 3. The number of thioether (sulfide) groups is 1. The lowest BCUT2D eigenvalue weighted by molar-refractivity contribution is -0.113. The fraction of sp³-hybridized carbons (Fsp3) is 0.500. The molecule has 0 saturated carbocycles. The van der Waals surface area contributed by atoms with E-state index in [0.29, 0.717) is 11.6 Å². The molecule has 0 fully saturated rings. The smallest absolute Gasteiger partial charge is 0.235 e. The highest BCUT2D eigenvalue weighted by molar-refractivity contribution is 7.99. The summed E-state index contributed by atoms with van der Waals surface area (Å²) in [6, 6.07) is 1.88. The van der Waals surface area contributed by atoms with Crippen LogP contribution in [-0.2, 0) is 17.0 Å². The minimum atomic E-state index is -0.0543. The highest BCUT2D eigenvalue weighted by Gasteiger charge is 2.11. The van der Waals surface area contributed by atoms with Crippen molar-refractivity contribution in [1.82, 2.24) is 15.4 Å². The van der Waals surface area contributed by atoms with Gasteiger partial charge in [-0.25, -0.2) is 0 Å². The van der Waals surface area contributed by atoms with Crippen molar-refractivity contribution in [1.29, 1.82) is 0 Å². The second-order valence-electron chi connectivity index (χ2n) is 4.87. The lowest BCUT2D eigenvalue weighted by atomic mass is 10.2. The van der Waals surface area contributed by atoms with Crippen molar-refractivity contribution in [3.63, 3.8) is 0 Å². The first-order chi connectivity index (χ1) is 10.1. The van der Waals surface area contributed by atoms with Crippen LogP contribution in [0.1, 0.15) is 36.1 Å². The quantitative estimate of drug-likeness (QED) is 0.821. The number of carbonyl (C=O) groups excluding carboxylic acids is 1. The minimum Gasteiger partial charge on any atom is -0.361 e. The third kappa shape index (κ3) is 4.35. The second kappa shape index (κ2) is 7.31. The number of nitrogens with zero attached hydrogens (tertiary/aromatic N) is 2. The van der Waals surface area contributed by atoms with Gasteiger partial charge in [-0.2, -0.15) is 5.10 Å². The molecule has 0 spiro atoms. The van der Waals surface area contributed by atoms with Gasteiger partial charge >= 0.3 is 0 Å². The van der Waals surface area contributed by atoms with Crippen LogP contribution in [0.2, 0.25) is 0 Å². The predicted molar refractivity (Wildman–Crippen MR) is 83.4 cm³/mol. The van der Waals surface area contributed by atoms with Crippen molar-refractivity contribution in [3.05, 3.63) is 28.8 Å². The van der Waals surface area contributed by atoms with Gasteiger partial charge in [0, 0.05) is 23.1 Å². The summed E-state index contributed by atoms with van der Waals surface area (Å²) in [6.07, 6.45) is 1.98. The first-order valence-corrected chi connectivity index (χ1v) is 8.09. The molecule has 114 valence electrons. The van der Waals surface area contributed by atoms with Crippen molar-refractivity contribution < 1.29 is 9.32 Å². The number of anilines is 1. The minimum absolute atomic E-state index is 0.0543. The van der Waals surface area contributed by atoms with Gasteiger partial charge in [0.05, 0.1) is 11.4 Å². The maximum atomic E-state index is 11.9. The number of hydrogen-bond acceptors (Lipinski definition) is 5. The molecule has 0 aliphatic heterocycles. The molecule has 6 nitrogen and oxygen atoms in total. The Balaban J connectivity index is 1.77. The number of aryl methyl sites for hydroxylation is 3. The summed E-state index contributed by atoms with van der Waals surface area (Å²) in [6.45, 7) is 5.89. The Kier molecular flexibility index (Phi) is 5.44. The van der Waals surface area contributed by atoms with Gasteiger partial charge in [-0.3, -0.25) is 9.89 Å². The van der Waals surface area contributed by atoms with Crippen molar-refractivity contribution in [2.24, 2.45) is 0 Å². The Bertz CT molecular complexity index is 586. The van der Waals surface area contributed by atoms with E-state index in [1.807, 2.05) is 19.9 Å². The zero-order valence-corrected chi connectivity index (χ0v) is 13.3. The zero-order chi connectivity index (χ0) is 15.2. The van der Waals surface area contributed by atoms with E-state index in [0.717, 1.165) is 41.3 Å². The van der Waals surface area contributed by atoms with Gasteiger partial charge in [0.25, 0.3) is 0 Å². The molecule has 2 aromatic heterocycles. The van der Waals surface area contributed by atoms with Crippen molar-refractivity contribution >= 4 is 23.5 Å². The lowest BCUT2D eigenvalue weighted by Gasteiger charge is -2.02. The van der Waals surface area contributed by atoms with E-state index >= 15 is 0 Å². The van der Waals surface area contributed by atoms with Crippen LogP contribution in [-0.4, -0.2) is 27.0 Å². The van der Waals surface area contributed by atoms with E-state index in [1.165, 1.54) is 11.8 Å². The first-order valence-electron chi connectivity index (χ1n) is 6.93. The van der Waals surface area contributed by atoms with E-state index in [4.69, 9.17) is 4.52 Å². The summed E-state index contributed by atoms with van der Waals surface area (Å²) in [5.41, 5.74) is 2.99. The number of carbonyl (C=O) groups is 1. The van der Waals surface area contributed by atoms with Gasteiger partial charge in [-0.05, 0) is 20.3 Å². The standard InChI is InChI=1S/C14H20N4O2S/c1-4-5-11-6-13(17-16-11)15-14(19)8-21-7-12-9(2)18-20-10(12)3/h6H,4-5,7-8H2,1-3H3,(H2,15,16,17,19). The molecule has 1 amide bonds. The van der Waals surface area contributed by atoms with Crippen LogP contribution in [0.4, 0.5) is 5.82 Å². The zero-order valence-electron chi connectivity index (χ0n) is 12.5. The third-order valence-corrected chi connectivity index (χ3v) is 4.04. The van der Waals surface area contributed by atoms with E-state index in [2.05, 4.69) is 27.6 Å². The number of hydrogen-bond donors (Lipinski definition) is 2. The molecule has 0 bridgehead atoms. The average Bonchev–Trinajstić information content (AvgIpc) is 3.00. The van der Waals surface area contributed by atoms with Crippen LogP contribution in [0.15, 0.2) is 10.6 Å². The van der Waals surface area contributed by atoms with E-state index < -0.39 is 0 Å². The molecular weight excluding hydrogens is 288 g/mol. The van der Waals surface area contributed by atoms with Crippen LogP contribution in [0, 0.1) is 13.8 Å². The van der Waals surface area contributed by atoms with Crippen molar-refractivity contribution in [2.75, 3.05) is 11.1 Å². The molecule has 0 aliphatic rings. The molecule has 0 aliphatic carbocycles. The van der Waals surface area contributed by atoms with Crippen LogP contribution >= 0.6 is 11.8 Å². The molecule has 2 N–H and O–H groups in total. The molecule has 2 rings (SSSR count). The fourth-order valence-electron chi connectivity index (χ4n) is 1.96. The Labute approximate surface area is 128 Å². The number of rotatable bonds is 7. The Morgan fingerprint density at radius 1 is 1.48 bits per heavy atom. The average molecular weight is 308 g/mol. The van der Waals surface area contributed by atoms with Gasteiger partial charge in [-0.15, -0.1) is 11.8 Å². The van der Waals surface area contributed by atoms with Crippen LogP contribution < -0.4 is 5.32 Å². The van der Waals surface area contributed by atoms with Crippen LogP contribution in [0.5, 0.6) is 0 Å². The summed E-state index contributed by atoms with van der Waals surface area (Å²) in [7, 11) is 0.